The number of ether oxygens (including phenoxy) is 1. The number of hydrogen-bond donors (Lipinski definition) is 0. The molecule has 29 heavy (non-hydrogen) atoms. The SMILES string of the molecule is COc1ccc(C(=O)C2CCN(C(=O)c3ccc(-n4cccn4)nc3)CC2)cc1. The lowest BCUT2D eigenvalue weighted by molar-refractivity contribution is 0.0650. The number of likely N-dealkylation sites (tertiary alicyclic amines) is 1. The first kappa shape index (κ1) is 18.9. The molecule has 3 heterocycles. The lowest BCUT2D eigenvalue weighted by atomic mass is 9.88. The summed E-state index contributed by atoms with van der Waals surface area (Å²) in [6, 6.07) is 12.5. The molecule has 1 fully saturated rings. The van der Waals surface area contributed by atoms with Crippen LogP contribution in [0.4, 0.5) is 0 Å². The maximum Gasteiger partial charge on any atom is 0.255 e. The van der Waals surface area contributed by atoms with Gasteiger partial charge in [-0.15, -0.1) is 0 Å². The summed E-state index contributed by atoms with van der Waals surface area (Å²) >= 11 is 0. The van der Waals surface area contributed by atoms with Crippen LogP contribution in [0.1, 0.15) is 33.6 Å². The molecule has 1 amide bonds. The first-order valence-corrected chi connectivity index (χ1v) is 9.59. The van der Waals surface area contributed by atoms with Gasteiger partial charge in [0.25, 0.3) is 5.91 Å². The quantitative estimate of drug-likeness (QED) is 0.626. The fourth-order valence-electron chi connectivity index (χ4n) is 3.57. The predicted molar refractivity (Wildman–Crippen MR) is 107 cm³/mol. The lowest BCUT2D eigenvalue weighted by Crippen LogP contribution is -2.40. The first-order valence-electron chi connectivity index (χ1n) is 9.59. The maximum atomic E-state index is 12.8. The van der Waals surface area contributed by atoms with Crippen molar-refractivity contribution in [3.63, 3.8) is 0 Å². The zero-order chi connectivity index (χ0) is 20.2. The third kappa shape index (κ3) is 4.03. The maximum absolute atomic E-state index is 12.8. The highest BCUT2D eigenvalue weighted by molar-refractivity contribution is 5.98. The highest BCUT2D eigenvalue weighted by atomic mass is 16.5. The summed E-state index contributed by atoms with van der Waals surface area (Å²) in [4.78, 5) is 31.6. The standard InChI is InChI=1S/C22H22N4O3/c1-29-19-6-3-16(4-7-19)21(27)17-9-13-25(14-10-17)22(28)18-5-8-20(23-15-18)26-12-2-11-24-26/h2-8,11-12,15,17H,9-10,13-14H2,1H3. The van der Waals surface area contributed by atoms with Gasteiger partial charge < -0.3 is 9.64 Å². The molecule has 0 saturated carbocycles. The Morgan fingerprint density at radius 3 is 2.34 bits per heavy atom. The number of carbonyl (C=O) groups excluding carboxylic acids is 2. The zero-order valence-corrected chi connectivity index (χ0v) is 16.2. The number of piperidine rings is 1. The molecule has 0 unspecified atom stereocenters. The smallest absolute Gasteiger partial charge is 0.255 e. The van der Waals surface area contributed by atoms with E-state index in [4.69, 9.17) is 4.74 Å². The van der Waals surface area contributed by atoms with Crippen LogP contribution in [0.25, 0.3) is 5.82 Å². The molecule has 148 valence electrons. The molecular weight excluding hydrogens is 368 g/mol. The van der Waals surface area contributed by atoms with Crippen molar-refractivity contribution >= 4 is 11.7 Å². The first-order chi connectivity index (χ1) is 14.2. The number of rotatable bonds is 5. The summed E-state index contributed by atoms with van der Waals surface area (Å²) in [5, 5.41) is 4.13. The van der Waals surface area contributed by atoms with E-state index in [0.29, 0.717) is 42.9 Å². The average Bonchev–Trinajstić information content (AvgIpc) is 3.33. The molecule has 7 heteroatoms. The second kappa shape index (κ2) is 8.26. The number of amides is 1. The molecule has 3 aromatic rings. The lowest BCUT2D eigenvalue weighted by Gasteiger charge is -2.31. The molecule has 0 aliphatic carbocycles. The minimum atomic E-state index is -0.0623. The van der Waals surface area contributed by atoms with Gasteiger partial charge >= 0.3 is 0 Å². The van der Waals surface area contributed by atoms with E-state index in [1.807, 2.05) is 6.07 Å². The number of aromatic nitrogens is 3. The van der Waals surface area contributed by atoms with Crippen molar-refractivity contribution in [3.8, 4) is 11.6 Å². The molecule has 0 bridgehead atoms. The highest BCUT2D eigenvalue weighted by Gasteiger charge is 2.28. The van der Waals surface area contributed by atoms with Gasteiger partial charge in [0.15, 0.2) is 11.6 Å². The van der Waals surface area contributed by atoms with E-state index in [1.54, 1.807) is 71.7 Å². The zero-order valence-electron chi connectivity index (χ0n) is 16.2. The van der Waals surface area contributed by atoms with E-state index in [0.717, 1.165) is 5.75 Å². The monoisotopic (exact) mass is 390 g/mol. The highest BCUT2D eigenvalue weighted by Crippen LogP contribution is 2.24. The van der Waals surface area contributed by atoms with Crippen LogP contribution in [0.15, 0.2) is 61.1 Å². The minimum absolute atomic E-state index is 0.0557. The Kier molecular flexibility index (Phi) is 5.37. The molecule has 0 N–H and O–H groups in total. The van der Waals surface area contributed by atoms with E-state index < -0.39 is 0 Å². The second-order valence-electron chi connectivity index (χ2n) is 7.01. The summed E-state index contributed by atoms with van der Waals surface area (Å²) in [7, 11) is 1.60. The molecule has 7 nitrogen and oxygen atoms in total. The fraction of sp³-hybridized carbons (Fsp3) is 0.273. The Morgan fingerprint density at radius 2 is 1.76 bits per heavy atom. The molecule has 2 aromatic heterocycles. The number of Topliss-reactive ketones (excluding diaryl/α,β-unsaturated/α-hetero) is 1. The van der Waals surface area contributed by atoms with Crippen LogP contribution < -0.4 is 4.74 Å². The van der Waals surface area contributed by atoms with Crippen LogP contribution in [-0.4, -0.2) is 51.6 Å². The van der Waals surface area contributed by atoms with Crippen molar-refractivity contribution in [2.24, 2.45) is 5.92 Å². The molecule has 1 aromatic carbocycles. The summed E-state index contributed by atoms with van der Waals surface area (Å²) in [6.07, 6.45) is 6.38. The number of methoxy groups -OCH3 is 1. The van der Waals surface area contributed by atoms with Crippen LogP contribution in [0.5, 0.6) is 5.75 Å². The number of ketones is 1. The average molecular weight is 390 g/mol. The number of pyridine rings is 1. The van der Waals surface area contributed by atoms with Crippen LogP contribution in [-0.2, 0) is 0 Å². The Balaban J connectivity index is 1.36. The molecule has 1 aliphatic heterocycles. The van der Waals surface area contributed by atoms with Crippen molar-refractivity contribution in [1.29, 1.82) is 0 Å². The summed E-state index contributed by atoms with van der Waals surface area (Å²) in [5.41, 5.74) is 1.23. The number of benzene rings is 1. The molecule has 1 aliphatic rings. The second-order valence-corrected chi connectivity index (χ2v) is 7.01. The van der Waals surface area contributed by atoms with Crippen molar-refractivity contribution in [2.45, 2.75) is 12.8 Å². The van der Waals surface area contributed by atoms with Crippen molar-refractivity contribution in [2.75, 3.05) is 20.2 Å². The Bertz CT molecular complexity index is 974. The van der Waals surface area contributed by atoms with Crippen LogP contribution in [0.2, 0.25) is 0 Å². The molecule has 0 atom stereocenters. The number of nitrogens with zero attached hydrogens (tertiary/aromatic N) is 4. The Morgan fingerprint density at radius 1 is 1.03 bits per heavy atom. The van der Waals surface area contributed by atoms with Crippen molar-refractivity contribution in [1.82, 2.24) is 19.7 Å². The normalized spacial score (nSPS) is 14.6. The third-order valence-electron chi connectivity index (χ3n) is 5.26. The molecule has 4 rings (SSSR count). The van der Waals surface area contributed by atoms with E-state index >= 15 is 0 Å². The van der Waals surface area contributed by atoms with Crippen LogP contribution in [0, 0.1) is 5.92 Å². The third-order valence-corrected chi connectivity index (χ3v) is 5.26. The van der Waals surface area contributed by atoms with Gasteiger partial charge in [0.2, 0.25) is 0 Å². The van der Waals surface area contributed by atoms with Gasteiger partial charge in [0.05, 0.1) is 12.7 Å². The molecule has 0 spiro atoms. The van der Waals surface area contributed by atoms with E-state index in [9.17, 15) is 9.59 Å². The van der Waals surface area contributed by atoms with Crippen molar-refractivity contribution < 1.29 is 14.3 Å². The number of hydrogen-bond acceptors (Lipinski definition) is 5. The minimum Gasteiger partial charge on any atom is -0.497 e. The van der Waals surface area contributed by atoms with Gasteiger partial charge in [0.1, 0.15) is 5.75 Å². The molecule has 0 radical (unpaired) electrons. The predicted octanol–water partition coefficient (Wildman–Crippen LogP) is 3.01. The summed E-state index contributed by atoms with van der Waals surface area (Å²) < 4.78 is 6.78. The topological polar surface area (TPSA) is 77.3 Å². The van der Waals surface area contributed by atoms with Crippen LogP contribution in [0.3, 0.4) is 0 Å². The van der Waals surface area contributed by atoms with Gasteiger partial charge in [-0.2, -0.15) is 5.10 Å². The van der Waals surface area contributed by atoms with Gasteiger partial charge in [-0.1, -0.05) is 0 Å². The van der Waals surface area contributed by atoms with E-state index in [2.05, 4.69) is 10.1 Å². The molecule has 1 saturated heterocycles. The number of carbonyl (C=O) groups is 2. The largest absolute Gasteiger partial charge is 0.497 e. The van der Waals surface area contributed by atoms with Gasteiger partial charge in [-0.25, -0.2) is 9.67 Å². The summed E-state index contributed by atoms with van der Waals surface area (Å²) in [5.74, 6) is 1.40. The van der Waals surface area contributed by atoms with Gasteiger partial charge in [-0.3, -0.25) is 9.59 Å². The van der Waals surface area contributed by atoms with Gasteiger partial charge in [-0.05, 0) is 55.3 Å². The van der Waals surface area contributed by atoms with Crippen molar-refractivity contribution in [3.05, 3.63) is 72.2 Å². The fourth-order valence-corrected chi connectivity index (χ4v) is 3.57. The Hall–Kier alpha value is -3.48. The van der Waals surface area contributed by atoms with E-state index in [1.165, 1.54) is 0 Å². The molecular formula is C22H22N4O3. The summed E-state index contributed by atoms with van der Waals surface area (Å²) in [6.45, 7) is 1.12. The van der Waals surface area contributed by atoms with E-state index in [-0.39, 0.29) is 17.6 Å². The Labute approximate surface area is 168 Å². The van der Waals surface area contributed by atoms with Crippen LogP contribution >= 0.6 is 0 Å². The van der Waals surface area contributed by atoms with Gasteiger partial charge in [0, 0.05) is 43.2 Å².